The number of hydrogen-bond donors (Lipinski definition) is 3. The average molecular weight is 275 g/mol. The molecule has 1 atom stereocenters. The minimum atomic E-state index is -3.45. The topological polar surface area (TPSA) is 83.2 Å². The molecule has 0 aliphatic rings. The molecule has 0 radical (unpaired) electrons. The van der Waals surface area contributed by atoms with Crippen LogP contribution in [0.5, 0.6) is 0 Å². The largest absolute Gasteiger partial charge is 0.385 e. The SMILES string of the molecule is CNCc1cc(S(=O)(=O)NC(C)CCOC)c[nH]1. The standard InChI is InChI=1S/C11H21N3O3S/c1-9(4-5-17-3)14-18(15,16)11-6-10(7-12-2)13-8-11/h6,8-9,12-14H,4-5,7H2,1-3H3. The summed E-state index contributed by atoms with van der Waals surface area (Å²) in [4.78, 5) is 3.18. The molecule has 0 fully saturated rings. The van der Waals surface area contributed by atoms with E-state index in [9.17, 15) is 8.42 Å². The van der Waals surface area contributed by atoms with E-state index < -0.39 is 10.0 Å². The minimum absolute atomic E-state index is 0.155. The highest BCUT2D eigenvalue weighted by Gasteiger charge is 2.18. The number of aromatic nitrogens is 1. The molecule has 0 saturated carbocycles. The molecule has 18 heavy (non-hydrogen) atoms. The van der Waals surface area contributed by atoms with E-state index >= 15 is 0 Å². The molecule has 0 aliphatic carbocycles. The van der Waals surface area contributed by atoms with Crippen molar-refractivity contribution in [2.45, 2.75) is 30.8 Å². The predicted octanol–water partition coefficient (Wildman–Crippen LogP) is 0.437. The van der Waals surface area contributed by atoms with Crippen molar-refractivity contribution in [3.05, 3.63) is 18.0 Å². The normalized spacial score (nSPS) is 13.7. The number of hydrogen-bond acceptors (Lipinski definition) is 4. The van der Waals surface area contributed by atoms with E-state index in [0.29, 0.717) is 19.6 Å². The van der Waals surface area contributed by atoms with E-state index in [1.165, 1.54) is 6.20 Å². The van der Waals surface area contributed by atoms with Crippen LogP contribution in [-0.2, 0) is 21.3 Å². The van der Waals surface area contributed by atoms with Crippen LogP contribution in [-0.4, -0.2) is 40.2 Å². The van der Waals surface area contributed by atoms with Crippen molar-refractivity contribution >= 4 is 10.0 Å². The van der Waals surface area contributed by atoms with E-state index in [0.717, 1.165) is 5.69 Å². The van der Waals surface area contributed by atoms with Crippen LogP contribution in [0, 0.1) is 0 Å². The average Bonchev–Trinajstić information content (AvgIpc) is 2.75. The lowest BCUT2D eigenvalue weighted by Crippen LogP contribution is -2.33. The molecule has 0 bridgehead atoms. The molecule has 1 aromatic heterocycles. The van der Waals surface area contributed by atoms with Gasteiger partial charge in [-0.25, -0.2) is 13.1 Å². The van der Waals surface area contributed by atoms with E-state index in [4.69, 9.17) is 4.74 Å². The zero-order chi connectivity index (χ0) is 13.6. The van der Waals surface area contributed by atoms with Crippen LogP contribution in [0.2, 0.25) is 0 Å². The second-order valence-corrected chi connectivity index (χ2v) is 5.91. The fourth-order valence-electron chi connectivity index (χ4n) is 1.55. The highest BCUT2D eigenvalue weighted by atomic mass is 32.2. The van der Waals surface area contributed by atoms with Crippen molar-refractivity contribution in [3.8, 4) is 0 Å². The quantitative estimate of drug-likeness (QED) is 0.643. The number of rotatable bonds is 8. The lowest BCUT2D eigenvalue weighted by molar-refractivity contribution is 0.188. The summed E-state index contributed by atoms with van der Waals surface area (Å²) in [5.74, 6) is 0. The van der Waals surface area contributed by atoms with Crippen LogP contribution in [0.1, 0.15) is 19.0 Å². The lowest BCUT2D eigenvalue weighted by Gasteiger charge is -2.12. The van der Waals surface area contributed by atoms with E-state index in [1.54, 1.807) is 20.2 Å². The molecule has 6 nitrogen and oxygen atoms in total. The summed E-state index contributed by atoms with van der Waals surface area (Å²) in [5.41, 5.74) is 0.836. The lowest BCUT2D eigenvalue weighted by atomic mass is 10.3. The summed E-state index contributed by atoms with van der Waals surface area (Å²) < 4.78 is 31.6. The van der Waals surface area contributed by atoms with Crippen LogP contribution in [0.25, 0.3) is 0 Å². The molecule has 1 heterocycles. The van der Waals surface area contributed by atoms with Crippen molar-refractivity contribution < 1.29 is 13.2 Å². The first-order valence-electron chi connectivity index (χ1n) is 5.82. The summed E-state index contributed by atoms with van der Waals surface area (Å²) >= 11 is 0. The Morgan fingerprint density at radius 1 is 1.50 bits per heavy atom. The molecule has 0 spiro atoms. The van der Waals surface area contributed by atoms with Crippen molar-refractivity contribution in [2.75, 3.05) is 20.8 Å². The molecular formula is C11H21N3O3S. The van der Waals surface area contributed by atoms with Gasteiger partial charge in [-0.1, -0.05) is 0 Å². The zero-order valence-corrected chi connectivity index (χ0v) is 11.8. The van der Waals surface area contributed by atoms with Crippen LogP contribution in [0.15, 0.2) is 17.2 Å². The van der Waals surface area contributed by atoms with Gasteiger partial charge in [-0.3, -0.25) is 0 Å². The number of aromatic amines is 1. The van der Waals surface area contributed by atoms with Crippen LogP contribution < -0.4 is 10.0 Å². The number of H-pyrrole nitrogens is 1. The smallest absolute Gasteiger partial charge is 0.242 e. The van der Waals surface area contributed by atoms with Gasteiger partial charge in [0, 0.05) is 38.2 Å². The molecule has 1 aromatic rings. The van der Waals surface area contributed by atoms with Gasteiger partial charge in [0.05, 0.1) is 4.90 Å². The van der Waals surface area contributed by atoms with Crippen LogP contribution in [0.4, 0.5) is 0 Å². The summed E-state index contributed by atoms with van der Waals surface area (Å²) in [6.07, 6.45) is 2.14. The number of ether oxygens (including phenoxy) is 1. The Morgan fingerprint density at radius 3 is 2.83 bits per heavy atom. The van der Waals surface area contributed by atoms with Crippen molar-refractivity contribution in [3.63, 3.8) is 0 Å². The van der Waals surface area contributed by atoms with Crippen LogP contribution >= 0.6 is 0 Å². The van der Waals surface area contributed by atoms with Gasteiger partial charge in [0.1, 0.15) is 0 Å². The van der Waals surface area contributed by atoms with E-state index in [2.05, 4.69) is 15.0 Å². The molecule has 0 saturated heterocycles. The first-order chi connectivity index (χ1) is 8.49. The van der Waals surface area contributed by atoms with E-state index in [1.807, 2.05) is 6.92 Å². The summed E-state index contributed by atoms with van der Waals surface area (Å²) in [6.45, 7) is 2.95. The molecule has 3 N–H and O–H groups in total. The van der Waals surface area contributed by atoms with Gasteiger partial charge in [-0.2, -0.15) is 0 Å². The maximum absolute atomic E-state index is 12.0. The Hall–Kier alpha value is -0.890. The molecule has 1 rings (SSSR count). The maximum atomic E-state index is 12.0. The number of sulfonamides is 1. The molecular weight excluding hydrogens is 254 g/mol. The van der Waals surface area contributed by atoms with Crippen molar-refractivity contribution in [2.24, 2.45) is 0 Å². The Bertz CT molecular complexity index is 456. The van der Waals surface area contributed by atoms with Gasteiger partial charge in [-0.05, 0) is 26.5 Å². The second-order valence-electron chi connectivity index (χ2n) is 4.19. The maximum Gasteiger partial charge on any atom is 0.242 e. The Labute approximate surface area is 108 Å². The monoisotopic (exact) mass is 275 g/mol. The summed E-state index contributed by atoms with van der Waals surface area (Å²) in [5, 5.41) is 2.95. The fourth-order valence-corrected chi connectivity index (χ4v) is 2.85. The third kappa shape index (κ3) is 4.41. The molecule has 0 aromatic carbocycles. The molecule has 1 unspecified atom stereocenters. The number of methoxy groups -OCH3 is 1. The van der Waals surface area contributed by atoms with Crippen molar-refractivity contribution in [1.82, 2.24) is 15.0 Å². The van der Waals surface area contributed by atoms with Gasteiger partial charge < -0.3 is 15.0 Å². The third-order valence-electron chi connectivity index (χ3n) is 2.51. The summed E-state index contributed by atoms with van der Waals surface area (Å²) in [7, 11) is -0.0517. The fraction of sp³-hybridized carbons (Fsp3) is 0.636. The Balaban J connectivity index is 2.67. The minimum Gasteiger partial charge on any atom is -0.385 e. The Kier molecular flexibility index (Phi) is 5.80. The number of nitrogens with one attached hydrogen (secondary N) is 3. The van der Waals surface area contributed by atoms with Crippen LogP contribution in [0.3, 0.4) is 0 Å². The Morgan fingerprint density at radius 2 is 2.22 bits per heavy atom. The van der Waals surface area contributed by atoms with Gasteiger partial charge >= 0.3 is 0 Å². The first-order valence-corrected chi connectivity index (χ1v) is 7.31. The second kappa shape index (κ2) is 6.89. The van der Waals surface area contributed by atoms with Gasteiger partial charge in [0.2, 0.25) is 10.0 Å². The molecule has 104 valence electrons. The van der Waals surface area contributed by atoms with E-state index in [-0.39, 0.29) is 10.9 Å². The highest BCUT2D eigenvalue weighted by molar-refractivity contribution is 7.89. The summed E-state index contributed by atoms with van der Waals surface area (Å²) in [6, 6.07) is 1.47. The molecule has 7 heteroatoms. The molecule has 0 amide bonds. The predicted molar refractivity (Wildman–Crippen MR) is 69.8 cm³/mol. The first kappa shape index (κ1) is 15.2. The van der Waals surface area contributed by atoms with Gasteiger partial charge in [0.25, 0.3) is 0 Å². The van der Waals surface area contributed by atoms with Gasteiger partial charge in [-0.15, -0.1) is 0 Å². The zero-order valence-electron chi connectivity index (χ0n) is 11.0. The molecule has 0 aliphatic heterocycles. The third-order valence-corrected chi connectivity index (χ3v) is 4.07. The van der Waals surface area contributed by atoms with Gasteiger partial charge in [0.15, 0.2) is 0 Å². The highest BCUT2D eigenvalue weighted by Crippen LogP contribution is 2.11. The van der Waals surface area contributed by atoms with Crippen molar-refractivity contribution in [1.29, 1.82) is 0 Å².